The van der Waals surface area contributed by atoms with Gasteiger partial charge < -0.3 is 18.9 Å². The highest BCUT2D eigenvalue weighted by atomic mass is 16.5. The van der Waals surface area contributed by atoms with E-state index in [4.69, 9.17) is 18.9 Å². The molecule has 132 valence electrons. The molecule has 0 aromatic heterocycles. The van der Waals surface area contributed by atoms with Crippen LogP contribution >= 0.6 is 0 Å². The molecule has 1 aliphatic rings. The predicted molar refractivity (Wildman–Crippen MR) is 99.0 cm³/mol. The lowest BCUT2D eigenvalue weighted by molar-refractivity contribution is 0.324. The van der Waals surface area contributed by atoms with Crippen LogP contribution in [-0.2, 0) is 0 Å². The zero-order chi connectivity index (χ0) is 17.8. The number of ether oxygens (including phenoxy) is 4. The molecule has 0 heterocycles. The molecule has 0 aliphatic heterocycles. The molecular formula is C21H24O4. The predicted octanol–water partition coefficient (Wildman–Crippen LogP) is 4.71. The van der Waals surface area contributed by atoms with Gasteiger partial charge in [0.05, 0.1) is 28.4 Å². The van der Waals surface area contributed by atoms with E-state index in [2.05, 4.69) is 12.1 Å². The van der Waals surface area contributed by atoms with Crippen molar-refractivity contribution in [1.29, 1.82) is 0 Å². The van der Waals surface area contributed by atoms with Crippen LogP contribution in [0.1, 0.15) is 30.4 Å². The fourth-order valence-electron chi connectivity index (χ4n) is 3.16. The number of allylic oxidation sites excluding steroid dienone is 1. The summed E-state index contributed by atoms with van der Waals surface area (Å²) >= 11 is 0. The molecule has 1 aliphatic carbocycles. The fraction of sp³-hybridized carbons (Fsp3) is 0.333. The Labute approximate surface area is 149 Å². The molecule has 25 heavy (non-hydrogen) atoms. The van der Waals surface area contributed by atoms with E-state index in [9.17, 15) is 0 Å². The van der Waals surface area contributed by atoms with Crippen molar-refractivity contribution in [1.82, 2.24) is 0 Å². The standard InChI is InChI=1S/C21H24O4/c1-22-17-10-8-15(9-11-17)20(14-6-5-7-14)16-12-18(23-2)21(25-4)19(13-16)24-3/h8-13H,5-7H2,1-4H3. The van der Waals surface area contributed by atoms with Crippen LogP contribution in [-0.4, -0.2) is 28.4 Å². The van der Waals surface area contributed by atoms with Crippen LogP contribution in [0.3, 0.4) is 0 Å². The van der Waals surface area contributed by atoms with Crippen molar-refractivity contribution < 1.29 is 18.9 Å². The van der Waals surface area contributed by atoms with Crippen LogP contribution in [0.25, 0.3) is 5.57 Å². The van der Waals surface area contributed by atoms with Crippen LogP contribution in [0.15, 0.2) is 42.0 Å². The van der Waals surface area contributed by atoms with Gasteiger partial charge in [0.15, 0.2) is 11.5 Å². The van der Waals surface area contributed by atoms with E-state index in [0.717, 1.165) is 24.2 Å². The van der Waals surface area contributed by atoms with Gasteiger partial charge >= 0.3 is 0 Å². The van der Waals surface area contributed by atoms with Gasteiger partial charge in [0, 0.05) is 0 Å². The summed E-state index contributed by atoms with van der Waals surface area (Å²) in [5, 5.41) is 0. The second-order valence-electron chi connectivity index (χ2n) is 5.97. The van der Waals surface area contributed by atoms with Crippen LogP contribution in [0.2, 0.25) is 0 Å². The summed E-state index contributed by atoms with van der Waals surface area (Å²) in [6.45, 7) is 0. The molecule has 0 spiro atoms. The van der Waals surface area contributed by atoms with Gasteiger partial charge in [0.2, 0.25) is 5.75 Å². The molecule has 0 bridgehead atoms. The van der Waals surface area contributed by atoms with Crippen LogP contribution < -0.4 is 18.9 Å². The molecule has 3 rings (SSSR count). The summed E-state index contributed by atoms with van der Waals surface area (Å²) in [6.07, 6.45) is 3.48. The van der Waals surface area contributed by atoms with Gasteiger partial charge in [0.25, 0.3) is 0 Å². The van der Waals surface area contributed by atoms with Gasteiger partial charge in [-0.3, -0.25) is 0 Å². The monoisotopic (exact) mass is 340 g/mol. The highest BCUT2D eigenvalue weighted by Gasteiger charge is 2.21. The van der Waals surface area contributed by atoms with Gasteiger partial charge in [-0.25, -0.2) is 0 Å². The van der Waals surface area contributed by atoms with E-state index in [0.29, 0.717) is 17.2 Å². The molecular weight excluding hydrogens is 316 g/mol. The first kappa shape index (κ1) is 17.2. The number of benzene rings is 2. The molecule has 0 amide bonds. The van der Waals surface area contributed by atoms with Gasteiger partial charge in [0.1, 0.15) is 5.75 Å². The number of methoxy groups -OCH3 is 4. The maximum absolute atomic E-state index is 5.53. The first-order valence-corrected chi connectivity index (χ1v) is 8.38. The fourth-order valence-corrected chi connectivity index (χ4v) is 3.16. The SMILES string of the molecule is COc1ccc(C(=C2CCC2)c2cc(OC)c(OC)c(OC)c2)cc1. The van der Waals surface area contributed by atoms with Gasteiger partial charge in [-0.1, -0.05) is 17.7 Å². The third-order valence-electron chi connectivity index (χ3n) is 4.64. The molecule has 4 heteroatoms. The Kier molecular flexibility index (Phi) is 5.17. The third-order valence-corrected chi connectivity index (χ3v) is 4.64. The second kappa shape index (κ2) is 7.51. The van der Waals surface area contributed by atoms with E-state index in [1.807, 2.05) is 24.3 Å². The van der Waals surface area contributed by atoms with Crippen molar-refractivity contribution in [2.45, 2.75) is 19.3 Å². The molecule has 0 radical (unpaired) electrons. The molecule has 0 atom stereocenters. The lowest BCUT2D eigenvalue weighted by Gasteiger charge is -2.24. The third kappa shape index (κ3) is 3.29. The number of hydrogen-bond acceptors (Lipinski definition) is 4. The molecule has 0 unspecified atom stereocenters. The lowest BCUT2D eigenvalue weighted by Crippen LogP contribution is -2.04. The van der Waals surface area contributed by atoms with Crippen molar-refractivity contribution in [3.8, 4) is 23.0 Å². The molecule has 0 saturated heterocycles. The maximum Gasteiger partial charge on any atom is 0.203 e. The van der Waals surface area contributed by atoms with Crippen LogP contribution in [0, 0.1) is 0 Å². The summed E-state index contributed by atoms with van der Waals surface area (Å²) in [6, 6.07) is 12.2. The average Bonchev–Trinajstić information content (AvgIpc) is 2.63. The first-order chi connectivity index (χ1) is 12.2. The Morgan fingerprint density at radius 3 is 1.72 bits per heavy atom. The maximum atomic E-state index is 5.53. The topological polar surface area (TPSA) is 36.9 Å². The molecule has 2 aromatic rings. The Balaban J connectivity index is 2.14. The minimum atomic E-state index is 0.612. The number of rotatable bonds is 6. The van der Waals surface area contributed by atoms with Crippen LogP contribution in [0.4, 0.5) is 0 Å². The highest BCUT2D eigenvalue weighted by molar-refractivity contribution is 5.85. The minimum absolute atomic E-state index is 0.612. The van der Waals surface area contributed by atoms with Gasteiger partial charge in [-0.05, 0) is 60.2 Å². The Hall–Kier alpha value is -2.62. The van der Waals surface area contributed by atoms with E-state index in [1.54, 1.807) is 28.4 Å². The van der Waals surface area contributed by atoms with E-state index in [-0.39, 0.29) is 0 Å². The highest BCUT2D eigenvalue weighted by Crippen LogP contribution is 2.44. The smallest absolute Gasteiger partial charge is 0.203 e. The summed E-state index contributed by atoms with van der Waals surface area (Å²) < 4.78 is 21.8. The lowest BCUT2D eigenvalue weighted by atomic mass is 9.82. The van der Waals surface area contributed by atoms with E-state index in [1.165, 1.54) is 23.1 Å². The average molecular weight is 340 g/mol. The second-order valence-corrected chi connectivity index (χ2v) is 5.97. The normalized spacial score (nSPS) is 13.0. The summed E-state index contributed by atoms with van der Waals surface area (Å²) in [7, 11) is 6.59. The molecule has 0 N–H and O–H groups in total. The molecule has 1 saturated carbocycles. The van der Waals surface area contributed by atoms with Crippen LogP contribution in [0.5, 0.6) is 23.0 Å². The zero-order valence-electron chi connectivity index (χ0n) is 15.2. The summed E-state index contributed by atoms with van der Waals surface area (Å²) in [4.78, 5) is 0. The van der Waals surface area contributed by atoms with Crippen molar-refractivity contribution >= 4 is 5.57 Å². The molecule has 4 nitrogen and oxygen atoms in total. The Morgan fingerprint density at radius 1 is 0.720 bits per heavy atom. The first-order valence-electron chi connectivity index (χ1n) is 8.38. The number of hydrogen-bond donors (Lipinski definition) is 0. The van der Waals surface area contributed by atoms with E-state index < -0.39 is 0 Å². The van der Waals surface area contributed by atoms with Crippen molar-refractivity contribution in [2.24, 2.45) is 0 Å². The van der Waals surface area contributed by atoms with Gasteiger partial charge in [-0.15, -0.1) is 0 Å². The van der Waals surface area contributed by atoms with E-state index >= 15 is 0 Å². The summed E-state index contributed by atoms with van der Waals surface area (Å²) in [5.74, 6) is 2.80. The van der Waals surface area contributed by atoms with Gasteiger partial charge in [-0.2, -0.15) is 0 Å². The Bertz CT molecular complexity index is 744. The summed E-state index contributed by atoms with van der Waals surface area (Å²) in [5.41, 5.74) is 4.95. The molecule has 1 fully saturated rings. The molecule has 2 aromatic carbocycles. The minimum Gasteiger partial charge on any atom is -0.497 e. The quantitative estimate of drug-likeness (QED) is 0.763. The zero-order valence-corrected chi connectivity index (χ0v) is 15.2. The van der Waals surface area contributed by atoms with Crippen molar-refractivity contribution in [2.75, 3.05) is 28.4 Å². The largest absolute Gasteiger partial charge is 0.497 e. The Morgan fingerprint density at radius 2 is 1.32 bits per heavy atom. The van der Waals surface area contributed by atoms with Crippen molar-refractivity contribution in [3.63, 3.8) is 0 Å². The van der Waals surface area contributed by atoms with Crippen molar-refractivity contribution in [3.05, 3.63) is 53.1 Å².